The second-order valence-electron chi connectivity index (χ2n) is 3.43. The predicted molar refractivity (Wildman–Crippen MR) is 61.2 cm³/mol. The zero-order chi connectivity index (χ0) is 10.4. The number of methoxy groups -OCH3 is 1. The van der Waals surface area contributed by atoms with Crippen molar-refractivity contribution in [3.05, 3.63) is 41.5 Å². The normalized spacial score (nSPS) is 14.1. The van der Waals surface area contributed by atoms with Gasteiger partial charge in [-0.05, 0) is 24.5 Å². The summed E-state index contributed by atoms with van der Waals surface area (Å²) in [6.07, 6.45) is 3.44. The van der Waals surface area contributed by atoms with Gasteiger partial charge in [-0.3, -0.25) is 0 Å². The Morgan fingerprint density at radius 3 is 2.50 bits per heavy atom. The first kappa shape index (κ1) is 11.0. The van der Waals surface area contributed by atoms with Gasteiger partial charge in [-0.15, -0.1) is 0 Å². The SMILES string of the molecule is CCC(OC)/C(C)=C/c1ccccc1. The summed E-state index contributed by atoms with van der Waals surface area (Å²) < 4.78 is 5.37. The highest BCUT2D eigenvalue weighted by atomic mass is 16.5. The van der Waals surface area contributed by atoms with Crippen LogP contribution in [0.4, 0.5) is 0 Å². The van der Waals surface area contributed by atoms with E-state index >= 15 is 0 Å². The second kappa shape index (κ2) is 5.61. The zero-order valence-electron chi connectivity index (χ0n) is 9.16. The van der Waals surface area contributed by atoms with Crippen molar-refractivity contribution in [1.82, 2.24) is 0 Å². The molecule has 0 saturated heterocycles. The van der Waals surface area contributed by atoms with Crippen LogP contribution in [0.3, 0.4) is 0 Å². The quantitative estimate of drug-likeness (QED) is 0.706. The molecule has 14 heavy (non-hydrogen) atoms. The number of hydrogen-bond acceptors (Lipinski definition) is 1. The third kappa shape index (κ3) is 3.00. The van der Waals surface area contributed by atoms with Gasteiger partial charge in [0.15, 0.2) is 0 Å². The molecule has 1 heteroatoms. The minimum atomic E-state index is 0.246. The Morgan fingerprint density at radius 2 is 2.00 bits per heavy atom. The van der Waals surface area contributed by atoms with Gasteiger partial charge >= 0.3 is 0 Å². The molecule has 1 unspecified atom stereocenters. The fourth-order valence-corrected chi connectivity index (χ4v) is 1.58. The van der Waals surface area contributed by atoms with Crippen LogP contribution in [0.25, 0.3) is 6.08 Å². The van der Waals surface area contributed by atoms with Gasteiger partial charge in [0, 0.05) is 7.11 Å². The second-order valence-corrected chi connectivity index (χ2v) is 3.43. The maximum absolute atomic E-state index is 5.37. The van der Waals surface area contributed by atoms with Crippen molar-refractivity contribution >= 4 is 6.08 Å². The average molecular weight is 190 g/mol. The van der Waals surface area contributed by atoms with Crippen LogP contribution in [-0.2, 0) is 4.74 Å². The van der Waals surface area contributed by atoms with E-state index in [1.165, 1.54) is 11.1 Å². The van der Waals surface area contributed by atoms with Gasteiger partial charge in [0.25, 0.3) is 0 Å². The van der Waals surface area contributed by atoms with Crippen molar-refractivity contribution in [3.63, 3.8) is 0 Å². The molecule has 1 nitrogen and oxygen atoms in total. The third-order valence-corrected chi connectivity index (χ3v) is 2.36. The summed E-state index contributed by atoms with van der Waals surface area (Å²) in [5.41, 5.74) is 2.52. The summed E-state index contributed by atoms with van der Waals surface area (Å²) in [5, 5.41) is 0. The Morgan fingerprint density at radius 1 is 1.36 bits per heavy atom. The van der Waals surface area contributed by atoms with Gasteiger partial charge < -0.3 is 4.74 Å². The highest BCUT2D eigenvalue weighted by Crippen LogP contribution is 2.13. The molecule has 0 N–H and O–H groups in total. The van der Waals surface area contributed by atoms with Crippen LogP contribution in [-0.4, -0.2) is 13.2 Å². The van der Waals surface area contributed by atoms with Gasteiger partial charge in [-0.25, -0.2) is 0 Å². The summed E-state index contributed by atoms with van der Waals surface area (Å²) in [5.74, 6) is 0. The number of benzene rings is 1. The smallest absolute Gasteiger partial charge is 0.0779 e. The molecule has 1 aromatic rings. The highest BCUT2D eigenvalue weighted by Gasteiger charge is 2.05. The van der Waals surface area contributed by atoms with Crippen molar-refractivity contribution in [3.8, 4) is 0 Å². The average Bonchev–Trinajstić information content (AvgIpc) is 2.21. The Bertz CT molecular complexity index is 283. The van der Waals surface area contributed by atoms with E-state index in [4.69, 9.17) is 4.74 Å². The molecular weight excluding hydrogens is 172 g/mol. The number of ether oxygens (including phenoxy) is 1. The topological polar surface area (TPSA) is 9.23 Å². The molecule has 0 heterocycles. The molecule has 1 rings (SSSR count). The molecular formula is C13H18O. The lowest BCUT2D eigenvalue weighted by Gasteiger charge is -2.13. The summed E-state index contributed by atoms with van der Waals surface area (Å²) in [6, 6.07) is 10.3. The Balaban J connectivity index is 2.77. The van der Waals surface area contributed by atoms with Gasteiger partial charge in [0.05, 0.1) is 6.10 Å². The van der Waals surface area contributed by atoms with E-state index in [1.54, 1.807) is 7.11 Å². The largest absolute Gasteiger partial charge is 0.377 e. The van der Waals surface area contributed by atoms with Gasteiger partial charge in [-0.2, -0.15) is 0 Å². The maximum Gasteiger partial charge on any atom is 0.0779 e. The lowest BCUT2D eigenvalue weighted by atomic mass is 10.1. The molecule has 0 bridgehead atoms. The van der Waals surface area contributed by atoms with E-state index in [1.807, 2.05) is 18.2 Å². The van der Waals surface area contributed by atoms with Crippen LogP contribution in [0.5, 0.6) is 0 Å². The molecule has 0 aliphatic rings. The molecule has 0 radical (unpaired) electrons. The minimum Gasteiger partial charge on any atom is -0.377 e. The van der Waals surface area contributed by atoms with Crippen molar-refractivity contribution in [2.75, 3.05) is 7.11 Å². The summed E-state index contributed by atoms with van der Waals surface area (Å²) in [4.78, 5) is 0. The molecule has 0 spiro atoms. The van der Waals surface area contributed by atoms with Crippen LogP contribution in [0.15, 0.2) is 35.9 Å². The van der Waals surface area contributed by atoms with E-state index in [0.29, 0.717) is 0 Å². The number of hydrogen-bond donors (Lipinski definition) is 0. The monoisotopic (exact) mass is 190 g/mol. The summed E-state index contributed by atoms with van der Waals surface area (Å²) in [6.45, 7) is 4.25. The predicted octanol–water partition coefficient (Wildman–Crippen LogP) is 3.51. The molecule has 1 aromatic carbocycles. The van der Waals surface area contributed by atoms with Crippen LogP contribution >= 0.6 is 0 Å². The van der Waals surface area contributed by atoms with Crippen LogP contribution in [0.1, 0.15) is 25.8 Å². The van der Waals surface area contributed by atoms with Gasteiger partial charge in [0.2, 0.25) is 0 Å². The van der Waals surface area contributed by atoms with E-state index < -0.39 is 0 Å². The lowest BCUT2D eigenvalue weighted by molar-refractivity contribution is 0.129. The fraction of sp³-hybridized carbons (Fsp3) is 0.385. The standard InChI is InChI=1S/C13H18O/c1-4-13(14-3)11(2)10-12-8-6-5-7-9-12/h5-10,13H,4H2,1-3H3/b11-10+. The molecule has 0 amide bonds. The van der Waals surface area contributed by atoms with E-state index in [9.17, 15) is 0 Å². The van der Waals surface area contributed by atoms with Crippen molar-refractivity contribution in [2.24, 2.45) is 0 Å². The summed E-state index contributed by atoms with van der Waals surface area (Å²) in [7, 11) is 1.76. The first-order valence-electron chi connectivity index (χ1n) is 5.04. The van der Waals surface area contributed by atoms with Crippen molar-refractivity contribution < 1.29 is 4.74 Å². The van der Waals surface area contributed by atoms with Crippen LogP contribution < -0.4 is 0 Å². The Hall–Kier alpha value is -1.08. The molecule has 1 atom stereocenters. The third-order valence-electron chi connectivity index (χ3n) is 2.36. The van der Waals surface area contributed by atoms with E-state index in [2.05, 4.69) is 32.1 Å². The molecule has 0 fully saturated rings. The summed E-state index contributed by atoms with van der Waals surface area (Å²) >= 11 is 0. The van der Waals surface area contributed by atoms with Crippen molar-refractivity contribution in [2.45, 2.75) is 26.4 Å². The van der Waals surface area contributed by atoms with Crippen LogP contribution in [0.2, 0.25) is 0 Å². The highest BCUT2D eigenvalue weighted by molar-refractivity contribution is 5.52. The first-order valence-corrected chi connectivity index (χ1v) is 5.04. The Labute approximate surface area is 86.4 Å². The molecule has 0 aromatic heterocycles. The number of rotatable bonds is 4. The van der Waals surface area contributed by atoms with Crippen molar-refractivity contribution in [1.29, 1.82) is 0 Å². The lowest BCUT2D eigenvalue weighted by Crippen LogP contribution is -2.09. The minimum absolute atomic E-state index is 0.246. The van der Waals surface area contributed by atoms with E-state index in [0.717, 1.165) is 6.42 Å². The Kier molecular flexibility index (Phi) is 4.41. The molecule has 0 aliphatic heterocycles. The van der Waals surface area contributed by atoms with Gasteiger partial charge in [0.1, 0.15) is 0 Å². The molecule has 0 saturated carbocycles. The maximum atomic E-state index is 5.37. The molecule has 76 valence electrons. The van der Waals surface area contributed by atoms with Gasteiger partial charge in [-0.1, -0.05) is 43.3 Å². The van der Waals surface area contributed by atoms with E-state index in [-0.39, 0.29) is 6.10 Å². The zero-order valence-corrected chi connectivity index (χ0v) is 9.16. The first-order chi connectivity index (χ1) is 6.77. The molecule has 0 aliphatic carbocycles. The fourth-order valence-electron chi connectivity index (χ4n) is 1.58. The van der Waals surface area contributed by atoms with Crippen LogP contribution in [0, 0.1) is 0 Å².